The van der Waals surface area contributed by atoms with Gasteiger partial charge in [-0.2, -0.15) is 0 Å². The smallest absolute Gasteiger partial charge is 0.161 e. The molecule has 0 spiro atoms. The van der Waals surface area contributed by atoms with Gasteiger partial charge in [-0.3, -0.25) is 4.79 Å². The first kappa shape index (κ1) is 8.81. The number of hydrogen-bond donors (Lipinski definition) is 0. The zero-order valence-electron chi connectivity index (χ0n) is 6.53. The van der Waals surface area contributed by atoms with Gasteiger partial charge in [-0.25, -0.2) is 0 Å². The number of carbonyl (C=O) groups is 1. The summed E-state index contributed by atoms with van der Waals surface area (Å²) >= 11 is 3.24. The third-order valence-corrected chi connectivity index (χ3v) is 3.18. The molecule has 0 unspecified atom stereocenters. The summed E-state index contributed by atoms with van der Waals surface area (Å²) in [5.74, 6) is 0. The van der Waals surface area contributed by atoms with Crippen LogP contribution in [0.3, 0.4) is 0 Å². The second kappa shape index (κ2) is 3.93. The van der Waals surface area contributed by atoms with E-state index in [2.05, 4.69) is 13.8 Å². The molecule has 1 nitrogen and oxygen atoms in total. The van der Waals surface area contributed by atoms with Crippen molar-refractivity contribution in [2.45, 2.75) is 24.0 Å². The molecule has 11 heavy (non-hydrogen) atoms. The Balaban J connectivity index is 2.76. The van der Waals surface area contributed by atoms with Crippen LogP contribution in [0.4, 0.5) is 0 Å². The summed E-state index contributed by atoms with van der Waals surface area (Å²) in [6.07, 6.45) is 0.926. The summed E-state index contributed by atoms with van der Waals surface area (Å²) in [7, 11) is 0. The Labute approximate surface area is 74.8 Å². The van der Waals surface area contributed by atoms with Gasteiger partial charge in [-0.05, 0) is 11.4 Å². The van der Waals surface area contributed by atoms with Gasteiger partial charge in [-0.15, -0.1) is 23.1 Å². The zero-order valence-corrected chi connectivity index (χ0v) is 8.17. The van der Waals surface area contributed by atoms with E-state index in [1.54, 1.807) is 11.8 Å². The van der Waals surface area contributed by atoms with Crippen molar-refractivity contribution in [1.82, 2.24) is 0 Å². The zero-order chi connectivity index (χ0) is 8.27. The van der Waals surface area contributed by atoms with Crippen LogP contribution in [0.1, 0.15) is 23.5 Å². The van der Waals surface area contributed by atoms with E-state index in [0.29, 0.717) is 5.25 Å². The van der Waals surface area contributed by atoms with Crippen molar-refractivity contribution in [2.75, 3.05) is 0 Å². The monoisotopic (exact) mass is 186 g/mol. The fourth-order valence-corrected chi connectivity index (χ4v) is 2.53. The Morgan fingerprint density at radius 2 is 2.36 bits per heavy atom. The van der Waals surface area contributed by atoms with Gasteiger partial charge >= 0.3 is 0 Å². The first-order valence-electron chi connectivity index (χ1n) is 3.43. The molecule has 0 fully saturated rings. The van der Waals surface area contributed by atoms with E-state index < -0.39 is 0 Å². The Kier molecular flexibility index (Phi) is 3.15. The predicted molar refractivity (Wildman–Crippen MR) is 50.7 cm³/mol. The van der Waals surface area contributed by atoms with Gasteiger partial charge in [0.2, 0.25) is 0 Å². The van der Waals surface area contributed by atoms with Crippen LogP contribution in [0, 0.1) is 0 Å². The van der Waals surface area contributed by atoms with Gasteiger partial charge in [0, 0.05) is 10.1 Å². The number of rotatable bonds is 3. The number of aldehydes is 1. The Morgan fingerprint density at radius 3 is 2.91 bits per heavy atom. The summed E-state index contributed by atoms with van der Waals surface area (Å²) in [4.78, 5) is 12.4. The second-order valence-electron chi connectivity index (χ2n) is 2.43. The van der Waals surface area contributed by atoms with Crippen molar-refractivity contribution in [3.63, 3.8) is 0 Å². The lowest BCUT2D eigenvalue weighted by Crippen LogP contribution is -1.86. The van der Waals surface area contributed by atoms with Gasteiger partial charge in [0.25, 0.3) is 0 Å². The predicted octanol–water partition coefficient (Wildman–Crippen LogP) is 3.06. The Morgan fingerprint density at radius 1 is 1.64 bits per heavy atom. The lowest BCUT2D eigenvalue weighted by molar-refractivity contribution is 0.112. The molecule has 0 aliphatic heterocycles. The van der Waals surface area contributed by atoms with Gasteiger partial charge < -0.3 is 0 Å². The van der Waals surface area contributed by atoms with E-state index >= 15 is 0 Å². The molecular weight excluding hydrogens is 176 g/mol. The summed E-state index contributed by atoms with van der Waals surface area (Å²) in [6, 6.07) is 2.00. The fraction of sp³-hybridized carbons (Fsp3) is 0.375. The minimum atomic E-state index is 0.545. The molecule has 0 radical (unpaired) electrons. The topological polar surface area (TPSA) is 17.1 Å². The molecule has 0 N–H and O–H groups in total. The van der Waals surface area contributed by atoms with E-state index in [1.165, 1.54) is 11.3 Å². The third-order valence-electron chi connectivity index (χ3n) is 1.13. The Hall–Kier alpha value is -0.280. The average Bonchev–Trinajstić information content (AvgIpc) is 2.34. The van der Waals surface area contributed by atoms with Gasteiger partial charge in [-0.1, -0.05) is 13.8 Å². The molecule has 60 valence electrons. The molecule has 1 aromatic heterocycles. The summed E-state index contributed by atoms with van der Waals surface area (Å²) in [5, 5.41) is 2.50. The molecule has 0 aliphatic carbocycles. The molecule has 1 rings (SSSR count). The van der Waals surface area contributed by atoms with E-state index in [0.717, 1.165) is 16.1 Å². The average molecular weight is 186 g/mol. The van der Waals surface area contributed by atoms with E-state index in [9.17, 15) is 4.79 Å². The van der Waals surface area contributed by atoms with Crippen LogP contribution in [0.2, 0.25) is 0 Å². The maximum Gasteiger partial charge on any atom is 0.161 e. The molecule has 0 atom stereocenters. The highest BCUT2D eigenvalue weighted by Gasteiger charge is 2.04. The molecule has 1 heterocycles. The molecule has 0 amide bonds. The van der Waals surface area contributed by atoms with Gasteiger partial charge in [0.05, 0.1) is 4.88 Å². The molecule has 0 bridgehead atoms. The SMILES string of the molecule is CC(C)Sc1ccsc1C=O. The highest BCUT2D eigenvalue weighted by atomic mass is 32.2. The fourth-order valence-electron chi connectivity index (χ4n) is 0.746. The number of carbonyl (C=O) groups excluding carboxylic acids is 1. The van der Waals surface area contributed by atoms with E-state index in [4.69, 9.17) is 0 Å². The Bertz CT molecular complexity index is 240. The second-order valence-corrected chi connectivity index (χ2v) is 5.00. The third kappa shape index (κ3) is 2.34. The van der Waals surface area contributed by atoms with Crippen molar-refractivity contribution >= 4 is 29.4 Å². The van der Waals surface area contributed by atoms with Crippen LogP contribution in [-0.4, -0.2) is 11.5 Å². The van der Waals surface area contributed by atoms with Crippen LogP contribution < -0.4 is 0 Å². The van der Waals surface area contributed by atoms with Gasteiger partial charge in [0.15, 0.2) is 6.29 Å². The van der Waals surface area contributed by atoms with Crippen LogP contribution in [-0.2, 0) is 0 Å². The first-order chi connectivity index (χ1) is 5.24. The lowest BCUT2D eigenvalue weighted by Gasteiger charge is -2.01. The number of thioether (sulfide) groups is 1. The molecule has 3 heteroatoms. The van der Waals surface area contributed by atoms with E-state index in [1.807, 2.05) is 11.4 Å². The highest BCUT2D eigenvalue weighted by Crippen LogP contribution is 2.28. The van der Waals surface area contributed by atoms with Crippen molar-refractivity contribution in [3.05, 3.63) is 16.3 Å². The minimum Gasteiger partial charge on any atom is -0.297 e. The summed E-state index contributed by atoms with van der Waals surface area (Å²) < 4.78 is 0. The lowest BCUT2D eigenvalue weighted by atomic mass is 10.5. The summed E-state index contributed by atoms with van der Waals surface area (Å²) in [5.41, 5.74) is 0. The van der Waals surface area contributed by atoms with Crippen LogP contribution in [0.15, 0.2) is 16.3 Å². The van der Waals surface area contributed by atoms with Gasteiger partial charge in [0.1, 0.15) is 0 Å². The van der Waals surface area contributed by atoms with Crippen LogP contribution in [0.25, 0.3) is 0 Å². The molecule has 0 aliphatic rings. The number of thiophene rings is 1. The highest BCUT2D eigenvalue weighted by molar-refractivity contribution is 8.00. The maximum absolute atomic E-state index is 10.5. The normalized spacial score (nSPS) is 10.5. The molecule has 0 saturated heterocycles. The van der Waals surface area contributed by atoms with Crippen molar-refractivity contribution in [2.24, 2.45) is 0 Å². The van der Waals surface area contributed by atoms with Crippen molar-refractivity contribution in [1.29, 1.82) is 0 Å². The minimum absolute atomic E-state index is 0.545. The quantitative estimate of drug-likeness (QED) is 0.533. The van der Waals surface area contributed by atoms with Crippen LogP contribution >= 0.6 is 23.1 Å². The largest absolute Gasteiger partial charge is 0.297 e. The molecule has 1 aromatic rings. The van der Waals surface area contributed by atoms with Crippen molar-refractivity contribution < 1.29 is 4.79 Å². The molecular formula is C8H10OS2. The van der Waals surface area contributed by atoms with Crippen molar-refractivity contribution in [3.8, 4) is 0 Å². The molecule has 0 saturated carbocycles. The number of hydrogen-bond acceptors (Lipinski definition) is 3. The van der Waals surface area contributed by atoms with Crippen LogP contribution in [0.5, 0.6) is 0 Å². The maximum atomic E-state index is 10.5. The summed E-state index contributed by atoms with van der Waals surface area (Å²) in [6.45, 7) is 4.24. The molecule has 0 aromatic carbocycles. The standard InChI is InChI=1S/C8H10OS2/c1-6(2)11-7-3-4-10-8(7)5-9/h3-6H,1-2H3. The first-order valence-corrected chi connectivity index (χ1v) is 5.19. The van der Waals surface area contributed by atoms with E-state index in [-0.39, 0.29) is 0 Å².